The van der Waals surface area contributed by atoms with E-state index in [1.54, 1.807) is 13.0 Å². The normalized spacial score (nSPS) is 18.6. The van der Waals surface area contributed by atoms with E-state index in [0.29, 0.717) is 19.8 Å². The minimum atomic E-state index is -0.330. The average molecular weight is 214 g/mol. The largest absolute Gasteiger partial charge is 0.463 e. The van der Waals surface area contributed by atoms with Crippen LogP contribution in [-0.4, -0.2) is 32.1 Å². The Morgan fingerprint density at radius 1 is 1.47 bits per heavy atom. The second kappa shape index (κ2) is 5.28. The molecule has 1 saturated heterocycles. The maximum atomic E-state index is 11.1. The second-order valence-electron chi connectivity index (χ2n) is 3.98. The van der Waals surface area contributed by atoms with E-state index in [-0.39, 0.29) is 17.7 Å². The maximum absolute atomic E-state index is 11.1. The number of carbonyl (C=O) groups is 1. The third-order valence-electron chi connectivity index (χ3n) is 2.16. The molecule has 1 rings (SSSR count). The molecule has 1 fully saturated rings. The quantitative estimate of drug-likeness (QED) is 0.525. The van der Waals surface area contributed by atoms with Gasteiger partial charge in [-0.1, -0.05) is 19.9 Å². The van der Waals surface area contributed by atoms with Crippen molar-refractivity contribution in [2.45, 2.75) is 27.1 Å². The van der Waals surface area contributed by atoms with Crippen molar-refractivity contribution in [3.05, 3.63) is 12.2 Å². The summed E-state index contributed by atoms with van der Waals surface area (Å²) in [6.07, 6.45) is 2.92. The molecule has 0 bridgehead atoms. The van der Waals surface area contributed by atoms with Gasteiger partial charge in [0.2, 0.25) is 0 Å². The van der Waals surface area contributed by atoms with Gasteiger partial charge in [-0.15, -0.1) is 0 Å². The molecule has 1 heterocycles. The maximum Gasteiger partial charge on any atom is 0.330 e. The van der Waals surface area contributed by atoms with Gasteiger partial charge in [0.05, 0.1) is 19.8 Å². The number of rotatable bonds is 4. The average Bonchev–Trinajstić information content (AvgIpc) is 2.69. The Bertz CT molecular complexity index is 239. The van der Waals surface area contributed by atoms with Crippen molar-refractivity contribution in [1.29, 1.82) is 0 Å². The summed E-state index contributed by atoms with van der Waals surface area (Å²) in [6, 6.07) is 0. The van der Waals surface area contributed by atoms with Crippen LogP contribution in [0.1, 0.15) is 20.8 Å². The SMILES string of the molecule is CCOC(=O)C=CC(C)(C)C1OCCO1. The molecule has 0 amide bonds. The van der Waals surface area contributed by atoms with Crippen LogP contribution in [0.4, 0.5) is 0 Å². The zero-order valence-corrected chi connectivity index (χ0v) is 9.49. The number of esters is 1. The Hall–Kier alpha value is -0.870. The van der Waals surface area contributed by atoms with Crippen molar-refractivity contribution in [3.63, 3.8) is 0 Å². The van der Waals surface area contributed by atoms with Gasteiger partial charge in [0.15, 0.2) is 6.29 Å². The third-order valence-corrected chi connectivity index (χ3v) is 2.16. The molecule has 0 aromatic carbocycles. The summed E-state index contributed by atoms with van der Waals surface area (Å²) in [4.78, 5) is 11.1. The van der Waals surface area contributed by atoms with Crippen molar-refractivity contribution >= 4 is 5.97 Å². The molecular formula is C11H18O4. The Morgan fingerprint density at radius 2 is 2.07 bits per heavy atom. The molecule has 0 aromatic heterocycles. The molecule has 0 unspecified atom stereocenters. The standard InChI is InChI=1S/C11H18O4/c1-4-13-9(12)5-6-11(2,3)10-14-7-8-15-10/h5-6,10H,4,7-8H2,1-3H3. The molecule has 4 heteroatoms. The predicted molar refractivity (Wildman–Crippen MR) is 55.2 cm³/mol. The fourth-order valence-electron chi connectivity index (χ4n) is 1.34. The van der Waals surface area contributed by atoms with E-state index in [1.807, 2.05) is 13.8 Å². The lowest BCUT2D eigenvalue weighted by atomic mass is 9.92. The van der Waals surface area contributed by atoms with Crippen LogP contribution in [0.5, 0.6) is 0 Å². The summed E-state index contributed by atoms with van der Waals surface area (Å²) in [5, 5.41) is 0. The number of carbonyl (C=O) groups excluding carboxylic acids is 1. The van der Waals surface area contributed by atoms with Crippen LogP contribution in [0, 0.1) is 5.41 Å². The Kier molecular flexibility index (Phi) is 4.29. The van der Waals surface area contributed by atoms with Crippen LogP contribution in [0.25, 0.3) is 0 Å². The number of hydrogen-bond donors (Lipinski definition) is 0. The third kappa shape index (κ3) is 3.64. The van der Waals surface area contributed by atoms with Gasteiger partial charge in [-0.05, 0) is 6.92 Å². The Labute approximate surface area is 90.2 Å². The van der Waals surface area contributed by atoms with Crippen molar-refractivity contribution < 1.29 is 19.0 Å². The molecule has 0 spiro atoms. The van der Waals surface area contributed by atoms with Crippen LogP contribution in [0.2, 0.25) is 0 Å². The summed E-state index contributed by atoms with van der Waals surface area (Å²) >= 11 is 0. The molecule has 0 aromatic rings. The zero-order valence-electron chi connectivity index (χ0n) is 9.49. The van der Waals surface area contributed by atoms with Crippen molar-refractivity contribution in [2.75, 3.05) is 19.8 Å². The van der Waals surface area contributed by atoms with Crippen molar-refractivity contribution in [2.24, 2.45) is 5.41 Å². The van der Waals surface area contributed by atoms with E-state index in [1.165, 1.54) is 6.08 Å². The first-order valence-electron chi connectivity index (χ1n) is 5.15. The highest BCUT2D eigenvalue weighted by Gasteiger charge is 2.32. The minimum absolute atomic E-state index is 0.275. The number of ether oxygens (including phenoxy) is 3. The first-order valence-corrected chi connectivity index (χ1v) is 5.15. The summed E-state index contributed by atoms with van der Waals surface area (Å²) in [6.45, 7) is 7.31. The van der Waals surface area contributed by atoms with Gasteiger partial charge in [0.1, 0.15) is 0 Å². The smallest absolute Gasteiger partial charge is 0.330 e. The van der Waals surface area contributed by atoms with Crippen LogP contribution in [0.3, 0.4) is 0 Å². The molecule has 86 valence electrons. The monoisotopic (exact) mass is 214 g/mol. The molecule has 0 radical (unpaired) electrons. The molecule has 0 N–H and O–H groups in total. The molecular weight excluding hydrogens is 196 g/mol. The van der Waals surface area contributed by atoms with E-state index in [9.17, 15) is 4.79 Å². The fraction of sp³-hybridized carbons (Fsp3) is 0.727. The molecule has 0 saturated carbocycles. The molecule has 0 aliphatic carbocycles. The summed E-state index contributed by atoms with van der Waals surface area (Å²) in [5.41, 5.74) is -0.316. The summed E-state index contributed by atoms with van der Waals surface area (Å²) in [5.74, 6) is -0.330. The first kappa shape index (κ1) is 12.2. The van der Waals surface area contributed by atoms with E-state index in [4.69, 9.17) is 14.2 Å². The highest BCUT2D eigenvalue weighted by atomic mass is 16.7. The lowest BCUT2D eigenvalue weighted by molar-refractivity contribution is -0.137. The second-order valence-corrected chi connectivity index (χ2v) is 3.98. The van der Waals surface area contributed by atoms with Crippen LogP contribution in [0.15, 0.2) is 12.2 Å². The Balaban J connectivity index is 2.50. The lowest BCUT2D eigenvalue weighted by Gasteiger charge is -2.25. The van der Waals surface area contributed by atoms with Crippen LogP contribution >= 0.6 is 0 Å². The number of hydrogen-bond acceptors (Lipinski definition) is 4. The lowest BCUT2D eigenvalue weighted by Crippen LogP contribution is -2.28. The molecule has 0 atom stereocenters. The highest BCUT2D eigenvalue weighted by Crippen LogP contribution is 2.28. The Morgan fingerprint density at radius 3 is 2.60 bits per heavy atom. The van der Waals surface area contributed by atoms with Crippen LogP contribution in [-0.2, 0) is 19.0 Å². The van der Waals surface area contributed by atoms with E-state index in [2.05, 4.69) is 0 Å². The van der Waals surface area contributed by atoms with Gasteiger partial charge in [-0.25, -0.2) is 4.79 Å². The van der Waals surface area contributed by atoms with E-state index < -0.39 is 0 Å². The zero-order chi connectivity index (χ0) is 11.3. The van der Waals surface area contributed by atoms with Gasteiger partial charge in [-0.2, -0.15) is 0 Å². The predicted octanol–water partition coefficient (Wildman–Crippen LogP) is 1.50. The highest BCUT2D eigenvalue weighted by molar-refractivity contribution is 5.81. The van der Waals surface area contributed by atoms with Crippen LogP contribution < -0.4 is 0 Å². The van der Waals surface area contributed by atoms with Gasteiger partial charge in [-0.3, -0.25) is 0 Å². The van der Waals surface area contributed by atoms with Gasteiger partial charge < -0.3 is 14.2 Å². The van der Waals surface area contributed by atoms with Gasteiger partial charge >= 0.3 is 5.97 Å². The minimum Gasteiger partial charge on any atom is -0.463 e. The summed E-state index contributed by atoms with van der Waals surface area (Å²) < 4.78 is 15.6. The molecule has 15 heavy (non-hydrogen) atoms. The molecule has 4 nitrogen and oxygen atoms in total. The fourth-order valence-corrected chi connectivity index (χ4v) is 1.34. The van der Waals surface area contributed by atoms with E-state index >= 15 is 0 Å². The van der Waals surface area contributed by atoms with Gasteiger partial charge in [0.25, 0.3) is 0 Å². The summed E-state index contributed by atoms with van der Waals surface area (Å²) in [7, 11) is 0. The van der Waals surface area contributed by atoms with E-state index in [0.717, 1.165) is 0 Å². The van der Waals surface area contributed by atoms with Crippen molar-refractivity contribution in [3.8, 4) is 0 Å². The molecule has 1 aliphatic heterocycles. The first-order chi connectivity index (χ1) is 7.06. The topological polar surface area (TPSA) is 44.8 Å². The van der Waals surface area contributed by atoms with Gasteiger partial charge in [0, 0.05) is 11.5 Å². The molecule has 1 aliphatic rings. The van der Waals surface area contributed by atoms with Crippen molar-refractivity contribution in [1.82, 2.24) is 0 Å².